The Bertz CT molecular complexity index is 1270. The van der Waals surface area contributed by atoms with Gasteiger partial charge in [-0.1, -0.05) is 43.0 Å². The van der Waals surface area contributed by atoms with Crippen LogP contribution in [-0.4, -0.2) is 11.2 Å². The zero-order chi connectivity index (χ0) is 22.1. The van der Waals surface area contributed by atoms with Gasteiger partial charge in [0, 0.05) is 23.2 Å². The predicted octanol–water partition coefficient (Wildman–Crippen LogP) is 7.15. The van der Waals surface area contributed by atoms with Crippen molar-refractivity contribution in [3.63, 3.8) is 0 Å². The minimum Gasteiger partial charge on any atom is -0.489 e. The summed E-state index contributed by atoms with van der Waals surface area (Å²) < 4.78 is 28.4. The summed E-state index contributed by atoms with van der Waals surface area (Å²) in [6.45, 7) is 7.15. The fraction of sp³-hybridized carbons (Fsp3) is 0.214. The normalized spacial score (nSPS) is 15.9. The predicted molar refractivity (Wildman–Crippen MR) is 127 cm³/mol. The fourth-order valence-corrected chi connectivity index (χ4v) is 4.52. The van der Waals surface area contributed by atoms with Gasteiger partial charge in [0.1, 0.15) is 18.2 Å². The van der Waals surface area contributed by atoms with Crippen LogP contribution in [0.4, 0.5) is 4.39 Å². The van der Waals surface area contributed by atoms with E-state index in [1.165, 1.54) is 6.07 Å². The maximum Gasteiger partial charge on any atom is 0.126 e. The molecule has 1 aliphatic heterocycles. The van der Waals surface area contributed by atoms with Gasteiger partial charge in [0.05, 0.1) is 17.3 Å². The molecule has 5 rings (SSSR count). The molecular formula is C28H26FNO2. The van der Waals surface area contributed by atoms with Gasteiger partial charge in [-0.3, -0.25) is 0 Å². The number of nitrogens with zero attached hydrogens (tertiary/aromatic N) is 1. The van der Waals surface area contributed by atoms with Crippen molar-refractivity contribution in [2.45, 2.75) is 32.5 Å². The van der Waals surface area contributed by atoms with Crippen LogP contribution in [0.3, 0.4) is 0 Å². The first kappa shape index (κ1) is 20.5. The van der Waals surface area contributed by atoms with Crippen LogP contribution in [0.5, 0.6) is 5.75 Å². The molecule has 3 nitrogen and oxygen atoms in total. The number of fused-ring (bicyclic) bond motifs is 1. The molecule has 1 unspecified atom stereocenters. The van der Waals surface area contributed by atoms with E-state index < -0.39 is 0 Å². The summed E-state index contributed by atoms with van der Waals surface area (Å²) in [5.74, 6) is 0.597. The molecule has 1 aliphatic rings. The number of hydrogen-bond acceptors (Lipinski definition) is 2. The van der Waals surface area contributed by atoms with Crippen LogP contribution >= 0.6 is 0 Å². The van der Waals surface area contributed by atoms with Crippen LogP contribution in [-0.2, 0) is 11.3 Å². The maximum absolute atomic E-state index is 14.0. The molecule has 3 aromatic carbocycles. The summed E-state index contributed by atoms with van der Waals surface area (Å²) >= 11 is 0. The first-order valence-corrected chi connectivity index (χ1v) is 11.0. The molecule has 162 valence electrons. The summed E-state index contributed by atoms with van der Waals surface area (Å²) in [6.07, 6.45) is 3.85. The van der Waals surface area contributed by atoms with Gasteiger partial charge >= 0.3 is 0 Å². The number of aromatic nitrogens is 1. The van der Waals surface area contributed by atoms with Gasteiger partial charge in [0.25, 0.3) is 0 Å². The van der Waals surface area contributed by atoms with Crippen molar-refractivity contribution in [3.05, 3.63) is 102 Å². The zero-order valence-corrected chi connectivity index (χ0v) is 18.2. The van der Waals surface area contributed by atoms with E-state index in [4.69, 9.17) is 9.47 Å². The lowest BCUT2D eigenvalue weighted by Crippen LogP contribution is -2.07. The number of ether oxygens (including phenoxy) is 2. The van der Waals surface area contributed by atoms with Gasteiger partial charge in [0.15, 0.2) is 0 Å². The Kier molecular flexibility index (Phi) is 5.54. The molecule has 2 heterocycles. The molecule has 0 bridgehead atoms. The van der Waals surface area contributed by atoms with Crippen molar-refractivity contribution in [2.24, 2.45) is 0 Å². The second kappa shape index (κ2) is 8.64. The second-order valence-corrected chi connectivity index (χ2v) is 8.23. The van der Waals surface area contributed by atoms with Crippen molar-refractivity contribution in [2.75, 3.05) is 6.61 Å². The summed E-state index contributed by atoms with van der Waals surface area (Å²) in [4.78, 5) is 0. The smallest absolute Gasteiger partial charge is 0.126 e. The van der Waals surface area contributed by atoms with Crippen molar-refractivity contribution in [3.8, 4) is 11.4 Å². The van der Waals surface area contributed by atoms with Crippen molar-refractivity contribution < 1.29 is 13.9 Å². The third-order valence-electron chi connectivity index (χ3n) is 6.10. The van der Waals surface area contributed by atoms with Gasteiger partial charge in [-0.15, -0.1) is 0 Å². The SMILES string of the molecule is C=Cc1c(C2CCCO2)n(-c2ccc(F)c(C)c2)c2ccc(OCc3ccccc3)cc12. The summed E-state index contributed by atoms with van der Waals surface area (Å²) in [6, 6.07) is 21.5. The number of halogens is 1. The van der Waals surface area contributed by atoms with Gasteiger partial charge in [0.2, 0.25) is 0 Å². The number of rotatable bonds is 6. The van der Waals surface area contributed by atoms with E-state index in [9.17, 15) is 4.39 Å². The lowest BCUT2D eigenvalue weighted by Gasteiger charge is -2.17. The topological polar surface area (TPSA) is 23.4 Å². The first-order valence-electron chi connectivity index (χ1n) is 11.0. The monoisotopic (exact) mass is 427 g/mol. The van der Waals surface area contributed by atoms with E-state index in [0.29, 0.717) is 12.2 Å². The molecule has 1 atom stereocenters. The third-order valence-corrected chi connectivity index (χ3v) is 6.10. The third kappa shape index (κ3) is 3.71. The first-order chi connectivity index (χ1) is 15.7. The Morgan fingerprint density at radius 3 is 2.69 bits per heavy atom. The number of benzene rings is 3. The molecule has 0 aliphatic carbocycles. The highest BCUT2D eigenvalue weighted by molar-refractivity contribution is 5.93. The average Bonchev–Trinajstić information content (AvgIpc) is 3.45. The Morgan fingerprint density at radius 2 is 1.97 bits per heavy atom. The highest BCUT2D eigenvalue weighted by Gasteiger charge is 2.27. The van der Waals surface area contributed by atoms with Crippen molar-refractivity contribution in [1.29, 1.82) is 0 Å². The Hall–Kier alpha value is -3.37. The standard InChI is InChI=1S/C28H26FNO2/c1-3-23-24-17-22(32-18-20-8-5-4-6-9-20)12-14-26(24)30(28(23)27-10-7-15-31-27)21-11-13-25(29)19(2)16-21/h3-6,8-9,11-14,16-17,27H,1,7,10,15,18H2,2H3. The maximum atomic E-state index is 14.0. The van der Waals surface area contributed by atoms with Crippen LogP contribution in [0, 0.1) is 12.7 Å². The molecule has 4 heteroatoms. The highest BCUT2D eigenvalue weighted by atomic mass is 19.1. The van der Waals surface area contributed by atoms with Crippen molar-refractivity contribution >= 4 is 17.0 Å². The lowest BCUT2D eigenvalue weighted by molar-refractivity contribution is 0.107. The minimum absolute atomic E-state index is 0.0190. The summed E-state index contributed by atoms with van der Waals surface area (Å²) in [7, 11) is 0. The lowest BCUT2D eigenvalue weighted by atomic mass is 10.1. The van der Waals surface area contributed by atoms with Crippen LogP contribution in [0.25, 0.3) is 22.7 Å². The van der Waals surface area contributed by atoms with Gasteiger partial charge in [-0.25, -0.2) is 4.39 Å². The van der Waals surface area contributed by atoms with Crippen LogP contribution in [0.2, 0.25) is 0 Å². The van der Waals surface area contributed by atoms with Crippen molar-refractivity contribution in [1.82, 2.24) is 4.57 Å². The zero-order valence-electron chi connectivity index (χ0n) is 18.2. The molecule has 1 saturated heterocycles. The van der Waals surface area contributed by atoms with E-state index >= 15 is 0 Å². The van der Waals surface area contributed by atoms with E-state index in [1.54, 1.807) is 6.92 Å². The Morgan fingerprint density at radius 1 is 1.12 bits per heavy atom. The molecule has 32 heavy (non-hydrogen) atoms. The molecular weight excluding hydrogens is 401 g/mol. The largest absolute Gasteiger partial charge is 0.489 e. The molecule has 1 aromatic heterocycles. The van der Waals surface area contributed by atoms with Gasteiger partial charge in [-0.05, 0) is 67.3 Å². The molecule has 4 aromatic rings. The molecule has 1 fully saturated rings. The number of aryl methyl sites for hydroxylation is 1. The van der Waals surface area contributed by atoms with E-state index in [0.717, 1.165) is 58.6 Å². The van der Waals surface area contributed by atoms with Crippen LogP contribution in [0.1, 0.15) is 41.3 Å². The van der Waals surface area contributed by atoms with Gasteiger partial charge < -0.3 is 14.0 Å². The quantitative estimate of drug-likeness (QED) is 0.326. The molecule has 0 amide bonds. The summed E-state index contributed by atoms with van der Waals surface area (Å²) in [5.41, 5.74) is 5.80. The van der Waals surface area contributed by atoms with E-state index in [2.05, 4.69) is 35.4 Å². The second-order valence-electron chi connectivity index (χ2n) is 8.23. The van der Waals surface area contributed by atoms with Crippen LogP contribution < -0.4 is 4.74 Å². The summed E-state index contributed by atoms with van der Waals surface area (Å²) in [5, 5.41) is 1.05. The number of hydrogen-bond donors (Lipinski definition) is 0. The average molecular weight is 428 g/mol. The molecule has 0 saturated carbocycles. The molecule has 0 spiro atoms. The molecule has 0 N–H and O–H groups in total. The van der Waals surface area contributed by atoms with Gasteiger partial charge in [-0.2, -0.15) is 0 Å². The molecule has 0 radical (unpaired) electrons. The van der Waals surface area contributed by atoms with E-state index in [-0.39, 0.29) is 11.9 Å². The Balaban J connectivity index is 1.64. The minimum atomic E-state index is -0.204. The fourth-order valence-electron chi connectivity index (χ4n) is 4.52. The van der Waals surface area contributed by atoms with Crippen LogP contribution in [0.15, 0.2) is 73.3 Å². The van der Waals surface area contributed by atoms with E-state index in [1.807, 2.05) is 42.5 Å². The Labute approximate surface area is 187 Å². The highest BCUT2D eigenvalue weighted by Crippen LogP contribution is 2.40.